The highest BCUT2D eigenvalue weighted by Gasteiger charge is 2.30. The van der Waals surface area contributed by atoms with Gasteiger partial charge in [0.05, 0.1) is 16.3 Å². The zero-order valence-corrected chi connectivity index (χ0v) is 17.5. The molecule has 1 fully saturated rings. The Bertz CT molecular complexity index is 1110. The summed E-state index contributed by atoms with van der Waals surface area (Å²) in [6.45, 7) is 4.51. The number of alkyl halides is 3. The molecular weight excluding hydrogens is 429 g/mol. The summed E-state index contributed by atoms with van der Waals surface area (Å²) in [6, 6.07) is 10.3. The molecule has 0 bridgehead atoms. The first-order valence-corrected chi connectivity index (χ1v) is 10.4. The Balaban J connectivity index is 1.37. The van der Waals surface area contributed by atoms with Crippen molar-refractivity contribution in [2.24, 2.45) is 0 Å². The largest absolute Gasteiger partial charge is 0.416 e. The minimum Gasteiger partial charge on any atom is -0.298 e. The van der Waals surface area contributed by atoms with Crippen LogP contribution in [-0.2, 0) is 19.3 Å². The number of aromatic nitrogens is 2. The fourth-order valence-electron chi connectivity index (χ4n) is 3.83. The Morgan fingerprint density at radius 1 is 0.935 bits per heavy atom. The lowest BCUT2D eigenvalue weighted by atomic mass is 10.1. The first-order chi connectivity index (χ1) is 14.8. The smallest absolute Gasteiger partial charge is 0.298 e. The lowest BCUT2D eigenvalue weighted by Crippen LogP contribution is -2.31. The third-order valence-corrected chi connectivity index (χ3v) is 5.65. The highest BCUT2D eigenvalue weighted by Crippen LogP contribution is 2.29. The normalized spacial score (nSPS) is 16.5. The van der Waals surface area contributed by atoms with Crippen LogP contribution in [0.2, 0.25) is 5.02 Å². The lowest BCUT2D eigenvalue weighted by molar-refractivity contribution is -0.137. The topological polar surface area (TPSA) is 40.9 Å². The summed E-state index contributed by atoms with van der Waals surface area (Å²) in [7, 11) is 0. The average molecular weight is 451 g/mol. The maximum atomic E-state index is 12.7. The third-order valence-electron chi connectivity index (χ3n) is 5.43. The van der Waals surface area contributed by atoms with Crippen molar-refractivity contribution in [2.45, 2.75) is 25.7 Å². The van der Waals surface area contributed by atoms with E-state index >= 15 is 0 Å². The Morgan fingerprint density at radius 3 is 2.29 bits per heavy atom. The Hall–Kier alpha value is -2.42. The fourth-order valence-corrected chi connectivity index (χ4v) is 3.99. The maximum absolute atomic E-state index is 12.7. The van der Waals surface area contributed by atoms with Gasteiger partial charge in [-0.3, -0.25) is 19.0 Å². The molecule has 0 N–H and O–H groups in total. The van der Waals surface area contributed by atoms with Crippen LogP contribution in [0.1, 0.15) is 23.2 Å². The summed E-state index contributed by atoms with van der Waals surface area (Å²) >= 11 is 5.95. The van der Waals surface area contributed by atoms with Crippen molar-refractivity contribution in [2.75, 3.05) is 26.2 Å². The van der Waals surface area contributed by atoms with Gasteiger partial charge in [0, 0.05) is 38.4 Å². The van der Waals surface area contributed by atoms with Gasteiger partial charge in [0.15, 0.2) is 0 Å². The second-order valence-corrected chi connectivity index (χ2v) is 8.20. The van der Waals surface area contributed by atoms with Crippen molar-refractivity contribution in [1.82, 2.24) is 19.2 Å². The molecule has 31 heavy (non-hydrogen) atoms. The predicted octanol–water partition coefficient (Wildman–Crippen LogP) is 4.07. The number of rotatable bonds is 4. The van der Waals surface area contributed by atoms with Gasteiger partial charge in [-0.25, -0.2) is 4.98 Å². The van der Waals surface area contributed by atoms with Gasteiger partial charge in [-0.2, -0.15) is 13.2 Å². The van der Waals surface area contributed by atoms with E-state index in [2.05, 4.69) is 14.8 Å². The molecule has 1 aliphatic heterocycles. The van der Waals surface area contributed by atoms with Gasteiger partial charge in [0.1, 0.15) is 5.65 Å². The van der Waals surface area contributed by atoms with E-state index in [1.54, 1.807) is 30.5 Å². The number of hydrogen-bond acceptors (Lipinski definition) is 4. The summed E-state index contributed by atoms with van der Waals surface area (Å²) in [4.78, 5) is 21.4. The highest BCUT2D eigenvalue weighted by atomic mass is 35.5. The van der Waals surface area contributed by atoms with Crippen molar-refractivity contribution in [1.29, 1.82) is 0 Å². The van der Waals surface area contributed by atoms with Gasteiger partial charge in [-0.05, 0) is 49.3 Å². The molecule has 164 valence electrons. The lowest BCUT2D eigenvalue weighted by Gasteiger charge is -2.22. The molecule has 4 rings (SSSR count). The Labute approximate surface area is 182 Å². The van der Waals surface area contributed by atoms with Gasteiger partial charge < -0.3 is 0 Å². The van der Waals surface area contributed by atoms with Crippen LogP contribution in [0.5, 0.6) is 0 Å². The number of pyridine rings is 1. The summed E-state index contributed by atoms with van der Waals surface area (Å²) in [6.07, 6.45) is -1.82. The van der Waals surface area contributed by atoms with Crippen LogP contribution < -0.4 is 5.56 Å². The van der Waals surface area contributed by atoms with Crippen LogP contribution in [0.25, 0.3) is 5.65 Å². The number of fused-ring (bicyclic) bond motifs is 1. The SMILES string of the molecule is O=c1cc(CN2CCCN(Cc3ccc(C(F)(F)F)cc3)CC2)nc2ccc(Cl)cn12. The van der Waals surface area contributed by atoms with Crippen LogP contribution in [0.4, 0.5) is 13.2 Å². The van der Waals surface area contributed by atoms with Crippen LogP contribution in [0, 0.1) is 0 Å². The number of halogens is 4. The summed E-state index contributed by atoms with van der Waals surface area (Å²) in [5, 5.41) is 0.477. The molecule has 1 aromatic carbocycles. The molecule has 0 unspecified atom stereocenters. The van der Waals surface area contributed by atoms with Gasteiger partial charge in [-0.1, -0.05) is 23.7 Å². The van der Waals surface area contributed by atoms with E-state index in [4.69, 9.17) is 11.6 Å². The van der Waals surface area contributed by atoms with Gasteiger partial charge in [-0.15, -0.1) is 0 Å². The Morgan fingerprint density at radius 2 is 1.61 bits per heavy atom. The van der Waals surface area contributed by atoms with Crippen molar-refractivity contribution in [3.63, 3.8) is 0 Å². The minimum atomic E-state index is -4.31. The van der Waals surface area contributed by atoms with Crippen LogP contribution in [-0.4, -0.2) is 45.4 Å². The molecule has 9 heteroatoms. The van der Waals surface area contributed by atoms with Crippen LogP contribution >= 0.6 is 11.6 Å². The molecule has 0 amide bonds. The van der Waals surface area contributed by atoms with E-state index in [1.165, 1.54) is 10.5 Å². The number of nitrogens with zero attached hydrogens (tertiary/aromatic N) is 4. The molecule has 0 spiro atoms. The molecule has 3 aromatic rings. The number of hydrogen-bond donors (Lipinski definition) is 0. The number of benzene rings is 1. The van der Waals surface area contributed by atoms with E-state index < -0.39 is 11.7 Å². The molecular formula is C22H22ClF3N4O. The first kappa shape index (κ1) is 21.8. The van der Waals surface area contributed by atoms with Crippen molar-refractivity contribution in [3.8, 4) is 0 Å². The highest BCUT2D eigenvalue weighted by molar-refractivity contribution is 6.30. The molecule has 0 atom stereocenters. The minimum absolute atomic E-state index is 0.166. The molecule has 1 aliphatic rings. The van der Waals surface area contributed by atoms with E-state index in [-0.39, 0.29) is 5.56 Å². The standard InChI is InChI=1S/C22H22ClF3N4O/c23-18-6-7-20-27-19(12-21(31)30(20)14-18)15-29-9-1-8-28(10-11-29)13-16-2-4-17(5-3-16)22(24,25)26/h2-7,12,14H,1,8-11,13,15H2. The molecule has 0 radical (unpaired) electrons. The van der Waals surface area contributed by atoms with Crippen LogP contribution in [0.3, 0.4) is 0 Å². The summed E-state index contributed by atoms with van der Waals surface area (Å²) < 4.78 is 39.6. The summed E-state index contributed by atoms with van der Waals surface area (Å²) in [5.41, 5.74) is 1.35. The zero-order valence-electron chi connectivity index (χ0n) is 16.8. The first-order valence-electron chi connectivity index (χ1n) is 10.1. The monoisotopic (exact) mass is 450 g/mol. The molecule has 3 heterocycles. The Kier molecular flexibility index (Phi) is 6.31. The second kappa shape index (κ2) is 8.98. The van der Waals surface area contributed by atoms with Crippen molar-refractivity contribution >= 4 is 17.2 Å². The predicted molar refractivity (Wildman–Crippen MR) is 113 cm³/mol. The maximum Gasteiger partial charge on any atom is 0.416 e. The second-order valence-electron chi connectivity index (χ2n) is 7.76. The zero-order chi connectivity index (χ0) is 22.0. The average Bonchev–Trinajstić information content (AvgIpc) is 2.93. The van der Waals surface area contributed by atoms with E-state index in [1.807, 2.05) is 0 Å². The molecule has 0 saturated carbocycles. The van der Waals surface area contributed by atoms with Gasteiger partial charge in [0.2, 0.25) is 0 Å². The third kappa shape index (κ3) is 5.44. The quantitative estimate of drug-likeness (QED) is 0.600. The fraction of sp³-hybridized carbons (Fsp3) is 0.364. The molecule has 2 aromatic heterocycles. The van der Waals surface area contributed by atoms with E-state index in [0.29, 0.717) is 29.5 Å². The van der Waals surface area contributed by atoms with Crippen molar-refractivity contribution < 1.29 is 13.2 Å². The van der Waals surface area contributed by atoms with E-state index in [9.17, 15) is 18.0 Å². The molecule has 5 nitrogen and oxygen atoms in total. The van der Waals surface area contributed by atoms with Gasteiger partial charge in [0.25, 0.3) is 5.56 Å². The van der Waals surface area contributed by atoms with Crippen LogP contribution in [0.15, 0.2) is 53.5 Å². The molecule has 1 saturated heterocycles. The summed E-state index contributed by atoms with van der Waals surface area (Å²) in [5.74, 6) is 0. The molecule has 0 aliphatic carbocycles. The van der Waals surface area contributed by atoms with Crippen molar-refractivity contribution in [3.05, 3.63) is 80.9 Å². The van der Waals surface area contributed by atoms with Gasteiger partial charge >= 0.3 is 6.18 Å². The van der Waals surface area contributed by atoms with E-state index in [0.717, 1.165) is 50.3 Å².